The fourth-order valence-electron chi connectivity index (χ4n) is 1.11. The molecule has 0 unspecified atom stereocenters. The van der Waals surface area contributed by atoms with Gasteiger partial charge in [0, 0.05) is 18.2 Å². The highest BCUT2D eigenvalue weighted by molar-refractivity contribution is 7.80. The van der Waals surface area contributed by atoms with Crippen LogP contribution in [0.1, 0.15) is 25.8 Å². The molecule has 0 aliphatic carbocycles. The summed E-state index contributed by atoms with van der Waals surface area (Å²) in [5, 5.41) is 4.21. The van der Waals surface area contributed by atoms with Gasteiger partial charge in [-0.05, 0) is 18.9 Å². The summed E-state index contributed by atoms with van der Waals surface area (Å²) in [5.41, 5.74) is 6.73. The number of nitrogens with zero attached hydrogens (tertiary/aromatic N) is 2. The molecule has 4 heteroatoms. The minimum atomic E-state index is -0.0881. The maximum absolute atomic E-state index is 5.64. The van der Waals surface area contributed by atoms with Gasteiger partial charge >= 0.3 is 0 Å². The number of hydrogen-bond donors (Lipinski definition) is 1. The average molecular weight is 211 g/mol. The van der Waals surface area contributed by atoms with Gasteiger partial charge in [0.2, 0.25) is 0 Å². The van der Waals surface area contributed by atoms with Crippen molar-refractivity contribution in [1.82, 2.24) is 9.78 Å². The summed E-state index contributed by atoms with van der Waals surface area (Å²) in [7, 11) is 0. The maximum atomic E-state index is 5.64. The van der Waals surface area contributed by atoms with E-state index in [1.807, 2.05) is 24.0 Å². The Morgan fingerprint density at radius 1 is 1.64 bits per heavy atom. The second kappa shape index (κ2) is 4.09. The van der Waals surface area contributed by atoms with Crippen molar-refractivity contribution in [2.45, 2.75) is 33.7 Å². The number of thiocarbonyl (C=S) groups is 1. The normalized spacial score (nSPS) is 11.6. The third kappa shape index (κ3) is 2.80. The SMILES string of the molecule is Cc1cnn(CCC(C)(C)C(N)=S)c1. The average Bonchev–Trinajstić information content (AvgIpc) is 2.48. The predicted molar refractivity (Wildman–Crippen MR) is 62.1 cm³/mol. The van der Waals surface area contributed by atoms with E-state index in [0.717, 1.165) is 13.0 Å². The van der Waals surface area contributed by atoms with E-state index >= 15 is 0 Å². The van der Waals surface area contributed by atoms with Gasteiger partial charge in [-0.15, -0.1) is 0 Å². The van der Waals surface area contributed by atoms with Crippen LogP contribution in [-0.2, 0) is 6.54 Å². The summed E-state index contributed by atoms with van der Waals surface area (Å²) >= 11 is 5.00. The molecule has 0 saturated carbocycles. The van der Waals surface area contributed by atoms with Gasteiger partial charge in [0.25, 0.3) is 0 Å². The minimum absolute atomic E-state index is 0.0881. The molecule has 0 aromatic carbocycles. The summed E-state index contributed by atoms with van der Waals surface area (Å²) in [6.07, 6.45) is 4.80. The van der Waals surface area contributed by atoms with Crippen molar-refractivity contribution in [1.29, 1.82) is 0 Å². The van der Waals surface area contributed by atoms with E-state index in [9.17, 15) is 0 Å². The molecule has 14 heavy (non-hydrogen) atoms. The lowest BCUT2D eigenvalue weighted by Crippen LogP contribution is -2.30. The van der Waals surface area contributed by atoms with Crippen LogP contribution in [0, 0.1) is 12.3 Å². The number of aryl methyl sites for hydroxylation is 2. The van der Waals surface area contributed by atoms with E-state index in [4.69, 9.17) is 18.0 Å². The predicted octanol–water partition coefficient (Wildman–Crippen LogP) is 1.89. The van der Waals surface area contributed by atoms with Crippen molar-refractivity contribution in [2.75, 3.05) is 0 Å². The van der Waals surface area contributed by atoms with Crippen LogP contribution in [0.4, 0.5) is 0 Å². The summed E-state index contributed by atoms with van der Waals surface area (Å²) in [5.74, 6) is 0. The van der Waals surface area contributed by atoms with E-state index in [0.29, 0.717) is 4.99 Å². The lowest BCUT2D eigenvalue weighted by molar-refractivity contribution is 0.418. The van der Waals surface area contributed by atoms with Crippen LogP contribution in [0.15, 0.2) is 12.4 Å². The monoisotopic (exact) mass is 211 g/mol. The molecule has 1 heterocycles. The second-order valence-corrected chi connectivity index (χ2v) is 4.72. The van der Waals surface area contributed by atoms with Gasteiger partial charge in [0.1, 0.15) is 0 Å². The molecule has 1 aromatic heterocycles. The molecule has 2 N–H and O–H groups in total. The first-order valence-electron chi connectivity index (χ1n) is 4.71. The standard InChI is InChI=1S/C10H17N3S/c1-8-6-12-13(7-8)5-4-10(2,3)9(11)14/h6-7H,4-5H2,1-3H3,(H2,11,14). The van der Waals surface area contributed by atoms with Gasteiger partial charge in [-0.1, -0.05) is 26.1 Å². The number of nitrogens with two attached hydrogens (primary N) is 1. The van der Waals surface area contributed by atoms with Crippen LogP contribution in [0.2, 0.25) is 0 Å². The lowest BCUT2D eigenvalue weighted by Gasteiger charge is -2.22. The van der Waals surface area contributed by atoms with Crippen molar-refractivity contribution in [3.63, 3.8) is 0 Å². The zero-order chi connectivity index (χ0) is 10.8. The Labute approximate surface area is 90.3 Å². The number of rotatable bonds is 4. The van der Waals surface area contributed by atoms with Gasteiger partial charge in [-0.25, -0.2) is 0 Å². The van der Waals surface area contributed by atoms with Crippen LogP contribution in [0.3, 0.4) is 0 Å². The molecule has 1 aromatic rings. The Bertz CT molecular complexity index is 328. The van der Waals surface area contributed by atoms with Gasteiger partial charge in [0.05, 0.1) is 11.2 Å². The van der Waals surface area contributed by atoms with Crippen molar-refractivity contribution >= 4 is 17.2 Å². The third-order valence-corrected chi connectivity index (χ3v) is 2.95. The zero-order valence-corrected chi connectivity index (χ0v) is 9.77. The molecule has 0 spiro atoms. The van der Waals surface area contributed by atoms with Gasteiger partial charge in [0.15, 0.2) is 0 Å². The fraction of sp³-hybridized carbons (Fsp3) is 0.600. The second-order valence-electron chi connectivity index (χ2n) is 4.28. The molecule has 0 saturated heterocycles. The highest BCUT2D eigenvalue weighted by Crippen LogP contribution is 2.21. The van der Waals surface area contributed by atoms with Crippen molar-refractivity contribution in [3.8, 4) is 0 Å². The summed E-state index contributed by atoms with van der Waals surface area (Å²) in [6.45, 7) is 7.01. The summed E-state index contributed by atoms with van der Waals surface area (Å²) < 4.78 is 1.93. The smallest absolute Gasteiger partial charge is 0.0785 e. The first kappa shape index (κ1) is 11.2. The zero-order valence-electron chi connectivity index (χ0n) is 8.95. The Kier molecular flexibility index (Phi) is 3.26. The molecule has 0 amide bonds. The molecule has 0 atom stereocenters. The number of aromatic nitrogens is 2. The van der Waals surface area contributed by atoms with E-state index < -0.39 is 0 Å². The minimum Gasteiger partial charge on any atom is -0.393 e. The Balaban J connectivity index is 2.52. The quantitative estimate of drug-likeness (QED) is 0.773. The molecular weight excluding hydrogens is 194 g/mol. The highest BCUT2D eigenvalue weighted by atomic mass is 32.1. The lowest BCUT2D eigenvalue weighted by atomic mass is 9.89. The molecular formula is C10H17N3S. The van der Waals surface area contributed by atoms with Crippen LogP contribution in [-0.4, -0.2) is 14.8 Å². The van der Waals surface area contributed by atoms with Crippen molar-refractivity contribution in [3.05, 3.63) is 18.0 Å². The topological polar surface area (TPSA) is 43.8 Å². The van der Waals surface area contributed by atoms with E-state index in [2.05, 4.69) is 18.9 Å². The Hall–Kier alpha value is -0.900. The molecule has 78 valence electrons. The van der Waals surface area contributed by atoms with Crippen LogP contribution in [0.25, 0.3) is 0 Å². The van der Waals surface area contributed by atoms with Gasteiger partial charge in [-0.2, -0.15) is 5.10 Å². The van der Waals surface area contributed by atoms with Gasteiger partial charge in [-0.3, -0.25) is 4.68 Å². The highest BCUT2D eigenvalue weighted by Gasteiger charge is 2.20. The van der Waals surface area contributed by atoms with E-state index in [1.165, 1.54) is 5.56 Å². The maximum Gasteiger partial charge on any atom is 0.0785 e. The van der Waals surface area contributed by atoms with E-state index in [1.54, 1.807) is 0 Å². The summed E-state index contributed by atoms with van der Waals surface area (Å²) in [4.78, 5) is 0.571. The third-order valence-electron chi connectivity index (χ3n) is 2.40. The molecule has 3 nitrogen and oxygen atoms in total. The Morgan fingerprint density at radius 2 is 2.29 bits per heavy atom. The fourth-order valence-corrected chi connectivity index (χ4v) is 1.21. The molecule has 0 aliphatic heterocycles. The Morgan fingerprint density at radius 3 is 2.71 bits per heavy atom. The summed E-state index contributed by atoms with van der Waals surface area (Å²) in [6, 6.07) is 0. The molecule has 0 aliphatic rings. The molecule has 0 fully saturated rings. The molecule has 0 bridgehead atoms. The first-order valence-corrected chi connectivity index (χ1v) is 5.11. The van der Waals surface area contributed by atoms with Crippen molar-refractivity contribution < 1.29 is 0 Å². The molecule has 0 radical (unpaired) electrons. The first-order chi connectivity index (χ1) is 6.42. The van der Waals surface area contributed by atoms with E-state index in [-0.39, 0.29) is 5.41 Å². The number of hydrogen-bond acceptors (Lipinski definition) is 2. The van der Waals surface area contributed by atoms with Crippen LogP contribution < -0.4 is 5.73 Å². The molecule has 1 rings (SSSR count). The van der Waals surface area contributed by atoms with Crippen LogP contribution >= 0.6 is 12.2 Å². The van der Waals surface area contributed by atoms with Gasteiger partial charge < -0.3 is 5.73 Å². The van der Waals surface area contributed by atoms with Crippen LogP contribution in [0.5, 0.6) is 0 Å². The largest absolute Gasteiger partial charge is 0.393 e. The van der Waals surface area contributed by atoms with Crippen molar-refractivity contribution in [2.24, 2.45) is 11.1 Å².